The Hall–Kier alpha value is -0.510. The van der Waals surface area contributed by atoms with Crippen LogP contribution in [0.4, 0.5) is 0 Å². The van der Waals surface area contributed by atoms with E-state index in [2.05, 4.69) is 12.6 Å². The summed E-state index contributed by atoms with van der Waals surface area (Å²) in [4.78, 5) is 21.3. The number of rotatable bonds is 4. The number of carbonyl (C=O) groups is 2. The fraction of sp³-hybridized carbons (Fsp3) is 0.714. The van der Waals surface area contributed by atoms with Crippen molar-refractivity contribution in [1.82, 2.24) is 0 Å². The molecule has 1 N–H and O–H groups in total. The van der Waals surface area contributed by atoms with Crippen molar-refractivity contribution in [2.75, 3.05) is 5.75 Å². The van der Waals surface area contributed by atoms with E-state index in [9.17, 15) is 9.59 Å². The van der Waals surface area contributed by atoms with Crippen LogP contribution >= 0.6 is 12.6 Å². The zero-order valence-electron chi connectivity index (χ0n) is 6.63. The zero-order chi connectivity index (χ0) is 9.07. The lowest BCUT2D eigenvalue weighted by Gasteiger charge is -2.18. The van der Waals surface area contributed by atoms with Gasteiger partial charge < -0.3 is 5.11 Å². The molecule has 0 aliphatic carbocycles. The van der Waals surface area contributed by atoms with Gasteiger partial charge in [-0.3, -0.25) is 9.59 Å². The molecular weight excluding hydrogens is 164 g/mol. The molecule has 0 aliphatic heterocycles. The first-order valence-electron chi connectivity index (χ1n) is 3.26. The maximum Gasteiger partial charge on any atom is 0.304 e. The minimum absolute atomic E-state index is 0.0975. The van der Waals surface area contributed by atoms with E-state index in [0.717, 1.165) is 0 Å². The molecule has 4 heteroatoms. The van der Waals surface area contributed by atoms with Gasteiger partial charge in [-0.2, -0.15) is 12.6 Å². The molecule has 0 aromatic rings. The van der Waals surface area contributed by atoms with Crippen LogP contribution in [-0.4, -0.2) is 22.6 Å². The minimum Gasteiger partial charge on any atom is -0.481 e. The molecule has 0 aromatic heterocycles. The normalized spacial score (nSPS) is 11.2. The third-order valence-electron chi connectivity index (χ3n) is 1.49. The Balaban J connectivity index is 4.21. The number of carboxylic acid groups (broad SMARTS) is 1. The predicted octanol–water partition coefficient (Wildman–Crippen LogP) is 0.986. The fourth-order valence-corrected chi connectivity index (χ4v) is 1.12. The van der Waals surface area contributed by atoms with Gasteiger partial charge in [0.15, 0.2) is 0 Å². The standard InChI is InChI=1S/C7H12O3S/c1-7(2,3-6(9)10)5(8)4-11/h11H,3-4H2,1-2H3,(H,9,10). The van der Waals surface area contributed by atoms with E-state index in [1.54, 1.807) is 13.8 Å². The molecule has 0 radical (unpaired) electrons. The van der Waals surface area contributed by atoms with E-state index in [1.807, 2.05) is 0 Å². The van der Waals surface area contributed by atoms with E-state index in [4.69, 9.17) is 5.11 Å². The molecule has 0 atom stereocenters. The molecule has 0 heterocycles. The van der Waals surface area contributed by atoms with Crippen molar-refractivity contribution in [2.45, 2.75) is 20.3 Å². The van der Waals surface area contributed by atoms with E-state index >= 15 is 0 Å². The molecule has 11 heavy (non-hydrogen) atoms. The van der Waals surface area contributed by atoms with E-state index in [-0.39, 0.29) is 18.0 Å². The SMILES string of the molecule is CC(C)(CC(=O)O)C(=O)CS. The molecule has 0 saturated heterocycles. The monoisotopic (exact) mass is 176 g/mol. The first kappa shape index (κ1) is 10.5. The van der Waals surface area contributed by atoms with Gasteiger partial charge in [-0.05, 0) is 0 Å². The fourth-order valence-electron chi connectivity index (χ4n) is 0.691. The predicted molar refractivity (Wildman–Crippen MR) is 44.9 cm³/mol. The number of carbonyl (C=O) groups excluding carboxylic acids is 1. The lowest BCUT2D eigenvalue weighted by atomic mass is 9.85. The number of carboxylic acids is 1. The van der Waals surface area contributed by atoms with Crippen LogP contribution in [0.25, 0.3) is 0 Å². The molecule has 0 fully saturated rings. The van der Waals surface area contributed by atoms with Crippen molar-refractivity contribution in [2.24, 2.45) is 5.41 Å². The first-order chi connectivity index (χ1) is 4.90. The van der Waals surface area contributed by atoms with Crippen molar-refractivity contribution in [3.63, 3.8) is 0 Å². The van der Waals surface area contributed by atoms with Gasteiger partial charge >= 0.3 is 5.97 Å². The van der Waals surface area contributed by atoms with Crippen molar-refractivity contribution < 1.29 is 14.7 Å². The molecule has 0 aromatic carbocycles. The van der Waals surface area contributed by atoms with Crippen LogP contribution in [0.1, 0.15) is 20.3 Å². The summed E-state index contributed by atoms with van der Waals surface area (Å²) in [6.07, 6.45) is -0.133. The van der Waals surface area contributed by atoms with Crippen molar-refractivity contribution >= 4 is 24.4 Å². The Labute approximate surface area is 71.2 Å². The summed E-state index contributed by atoms with van der Waals surface area (Å²) >= 11 is 3.79. The first-order valence-corrected chi connectivity index (χ1v) is 3.89. The zero-order valence-corrected chi connectivity index (χ0v) is 7.52. The lowest BCUT2D eigenvalue weighted by Crippen LogP contribution is -2.28. The summed E-state index contributed by atoms with van der Waals surface area (Å²) < 4.78 is 0. The van der Waals surface area contributed by atoms with E-state index in [0.29, 0.717) is 0 Å². The average Bonchev–Trinajstić information content (AvgIpc) is 1.83. The highest BCUT2D eigenvalue weighted by Gasteiger charge is 2.28. The highest BCUT2D eigenvalue weighted by atomic mass is 32.1. The van der Waals surface area contributed by atoms with E-state index < -0.39 is 11.4 Å². The van der Waals surface area contributed by atoms with Crippen LogP contribution in [0, 0.1) is 5.41 Å². The van der Waals surface area contributed by atoms with Crippen LogP contribution in [0.2, 0.25) is 0 Å². The summed E-state index contributed by atoms with van der Waals surface area (Å²) in [6.45, 7) is 3.22. The smallest absolute Gasteiger partial charge is 0.304 e. The van der Waals surface area contributed by atoms with Gasteiger partial charge in [-0.15, -0.1) is 0 Å². The second-order valence-electron chi connectivity index (χ2n) is 3.04. The van der Waals surface area contributed by atoms with E-state index in [1.165, 1.54) is 0 Å². The molecule has 0 spiro atoms. The molecule has 0 aliphatic rings. The maximum absolute atomic E-state index is 11.0. The van der Waals surface area contributed by atoms with Gasteiger partial charge in [0.1, 0.15) is 5.78 Å². The summed E-state index contributed by atoms with van der Waals surface area (Å²) in [6, 6.07) is 0. The maximum atomic E-state index is 11.0. The van der Waals surface area contributed by atoms with Gasteiger partial charge in [0.05, 0.1) is 6.42 Å². The second kappa shape index (κ2) is 3.76. The van der Waals surface area contributed by atoms with Crippen molar-refractivity contribution in [3.05, 3.63) is 0 Å². The third kappa shape index (κ3) is 3.41. The van der Waals surface area contributed by atoms with Crippen molar-refractivity contribution in [1.29, 1.82) is 0 Å². The number of thiol groups is 1. The quantitative estimate of drug-likeness (QED) is 0.628. The average molecular weight is 176 g/mol. The number of ketones is 1. The topological polar surface area (TPSA) is 54.4 Å². The number of hydrogen-bond acceptors (Lipinski definition) is 3. The van der Waals surface area contributed by atoms with Gasteiger partial charge in [-0.1, -0.05) is 13.8 Å². The van der Waals surface area contributed by atoms with Crippen LogP contribution in [0.5, 0.6) is 0 Å². The molecule has 0 amide bonds. The number of Topliss-reactive ketones (excluding diaryl/α,β-unsaturated/α-hetero) is 1. The Morgan fingerprint density at radius 2 is 1.91 bits per heavy atom. The minimum atomic E-state index is -0.954. The van der Waals surface area contributed by atoms with Crippen LogP contribution in [0.15, 0.2) is 0 Å². The van der Waals surface area contributed by atoms with Gasteiger partial charge in [0.2, 0.25) is 0 Å². The van der Waals surface area contributed by atoms with Gasteiger partial charge in [0, 0.05) is 11.2 Å². The Morgan fingerprint density at radius 3 is 2.18 bits per heavy atom. The Kier molecular flexibility index (Phi) is 3.58. The van der Waals surface area contributed by atoms with Crippen LogP contribution in [0.3, 0.4) is 0 Å². The van der Waals surface area contributed by atoms with Gasteiger partial charge in [-0.25, -0.2) is 0 Å². The van der Waals surface area contributed by atoms with Gasteiger partial charge in [0.25, 0.3) is 0 Å². The highest BCUT2D eigenvalue weighted by molar-refractivity contribution is 7.81. The number of hydrogen-bond donors (Lipinski definition) is 2. The lowest BCUT2D eigenvalue weighted by molar-refractivity contribution is -0.142. The van der Waals surface area contributed by atoms with Crippen molar-refractivity contribution in [3.8, 4) is 0 Å². The Bertz CT molecular complexity index is 175. The molecule has 0 unspecified atom stereocenters. The molecule has 0 bridgehead atoms. The van der Waals surface area contributed by atoms with Crippen LogP contribution < -0.4 is 0 Å². The molecule has 0 saturated carbocycles. The third-order valence-corrected chi connectivity index (χ3v) is 1.78. The molecule has 3 nitrogen and oxygen atoms in total. The largest absolute Gasteiger partial charge is 0.481 e. The number of aliphatic carboxylic acids is 1. The summed E-state index contributed by atoms with van der Waals surface area (Å²) in [5, 5.41) is 8.42. The Morgan fingerprint density at radius 1 is 1.45 bits per heavy atom. The summed E-state index contributed by atoms with van der Waals surface area (Å²) in [5.74, 6) is -0.992. The second-order valence-corrected chi connectivity index (χ2v) is 3.35. The molecule has 64 valence electrons. The summed E-state index contributed by atoms with van der Waals surface area (Å²) in [7, 11) is 0. The summed E-state index contributed by atoms with van der Waals surface area (Å²) in [5.41, 5.74) is -0.784. The van der Waals surface area contributed by atoms with Crippen LogP contribution in [-0.2, 0) is 9.59 Å². The molecule has 0 rings (SSSR count). The molecular formula is C7H12O3S. The highest BCUT2D eigenvalue weighted by Crippen LogP contribution is 2.21.